The van der Waals surface area contributed by atoms with E-state index in [1.807, 2.05) is 12.2 Å². The lowest BCUT2D eigenvalue weighted by Gasteiger charge is -2.21. The van der Waals surface area contributed by atoms with Crippen molar-refractivity contribution in [3.05, 3.63) is 122 Å². The number of allylic oxidation sites excluding steroid dienone is 20. The molecular weight excluding hydrogens is 1280 g/mol. The van der Waals surface area contributed by atoms with Crippen LogP contribution in [0.25, 0.3) is 0 Å². The van der Waals surface area contributed by atoms with Crippen molar-refractivity contribution in [1.82, 2.24) is 0 Å². The van der Waals surface area contributed by atoms with Crippen LogP contribution in [0.1, 0.15) is 297 Å². The molecular formula is C79H134O17P2. The summed E-state index contributed by atoms with van der Waals surface area (Å²) in [6.07, 6.45) is 76.4. The zero-order valence-corrected chi connectivity index (χ0v) is 63.0. The summed E-state index contributed by atoms with van der Waals surface area (Å²) < 4.78 is 68.3. The molecule has 0 rings (SSSR count). The van der Waals surface area contributed by atoms with Gasteiger partial charge in [-0.3, -0.25) is 37.3 Å². The van der Waals surface area contributed by atoms with E-state index in [0.29, 0.717) is 38.5 Å². The molecule has 98 heavy (non-hydrogen) atoms. The molecule has 0 aliphatic rings. The number of unbranched alkanes of at least 4 members (excludes halogenated alkanes) is 24. The minimum Gasteiger partial charge on any atom is -0.462 e. The molecule has 562 valence electrons. The highest BCUT2D eigenvalue weighted by atomic mass is 31.2. The fourth-order valence-electron chi connectivity index (χ4n) is 9.71. The highest BCUT2D eigenvalue weighted by Gasteiger charge is 2.30. The van der Waals surface area contributed by atoms with E-state index in [1.54, 1.807) is 0 Å². The van der Waals surface area contributed by atoms with Gasteiger partial charge in [0.1, 0.15) is 19.3 Å². The van der Waals surface area contributed by atoms with Gasteiger partial charge in [0.25, 0.3) is 0 Å². The topological polar surface area (TPSA) is 237 Å². The summed E-state index contributed by atoms with van der Waals surface area (Å²) in [5.41, 5.74) is 0. The molecule has 0 heterocycles. The second-order valence-corrected chi connectivity index (χ2v) is 27.7. The van der Waals surface area contributed by atoms with Crippen LogP contribution in [-0.2, 0) is 65.4 Å². The van der Waals surface area contributed by atoms with E-state index < -0.39 is 97.5 Å². The number of carbonyl (C=O) groups is 4. The Labute approximate surface area is 593 Å². The summed E-state index contributed by atoms with van der Waals surface area (Å²) in [5, 5.41) is 10.6. The SMILES string of the molecule is CC/C=C\C/C=C\C/C=C\C/C=C\C/C=C\CCCC(=O)OCC(COP(=O)(O)OCC(O)COP(=O)(O)OCC(COC(=O)CCCCCCC/C=C\CCCCCCCC)OC(=O)CCCCCCCCCCCCC)OC(=O)CCCC/C=C\C/C=C\C/C=C\C/C=C\CC. The van der Waals surface area contributed by atoms with Gasteiger partial charge in [0.2, 0.25) is 0 Å². The first-order valence-corrected chi connectivity index (χ1v) is 40.8. The van der Waals surface area contributed by atoms with Gasteiger partial charge in [-0.25, -0.2) is 9.13 Å². The van der Waals surface area contributed by atoms with Crippen molar-refractivity contribution in [3.8, 4) is 0 Å². The number of phosphoric acid groups is 2. The highest BCUT2D eigenvalue weighted by Crippen LogP contribution is 2.45. The van der Waals surface area contributed by atoms with Gasteiger partial charge in [-0.2, -0.15) is 0 Å². The van der Waals surface area contributed by atoms with Gasteiger partial charge >= 0.3 is 39.5 Å². The monoisotopic (exact) mass is 1420 g/mol. The van der Waals surface area contributed by atoms with E-state index >= 15 is 0 Å². The van der Waals surface area contributed by atoms with E-state index in [0.717, 1.165) is 128 Å². The zero-order valence-electron chi connectivity index (χ0n) is 61.2. The van der Waals surface area contributed by atoms with Crippen molar-refractivity contribution in [2.75, 3.05) is 39.6 Å². The van der Waals surface area contributed by atoms with E-state index in [4.69, 9.17) is 37.0 Å². The summed E-state index contributed by atoms with van der Waals surface area (Å²) >= 11 is 0. The molecule has 5 unspecified atom stereocenters. The predicted octanol–water partition coefficient (Wildman–Crippen LogP) is 21.6. The minimum absolute atomic E-state index is 0.0279. The van der Waals surface area contributed by atoms with E-state index in [9.17, 15) is 43.2 Å². The van der Waals surface area contributed by atoms with Crippen molar-refractivity contribution in [2.24, 2.45) is 0 Å². The van der Waals surface area contributed by atoms with E-state index in [2.05, 4.69) is 137 Å². The molecule has 0 aromatic carbocycles. The third-order valence-electron chi connectivity index (χ3n) is 15.4. The Morgan fingerprint density at radius 2 is 0.541 bits per heavy atom. The van der Waals surface area contributed by atoms with Crippen LogP contribution in [-0.4, -0.2) is 96.7 Å². The van der Waals surface area contributed by atoms with Crippen LogP contribution in [0.4, 0.5) is 0 Å². The van der Waals surface area contributed by atoms with Gasteiger partial charge in [-0.05, 0) is 128 Å². The number of hydrogen-bond donors (Lipinski definition) is 3. The van der Waals surface area contributed by atoms with Crippen LogP contribution in [0, 0.1) is 0 Å². The molecule has 0 aliphatic heterocycles. The molecule has 3 N–H and O–H groups in total. The zero-order chi connectivity index (χ0) is 71.8. The summed E-state index contributed by atoms with van der Waals surface area (Å²) in [7, 11) is -9.98. The molecule has 0 amide bonds. The van der Waals surface area contributed by atoms with Gasteiger partial charge in [-0.15, -0.1) is 0 Å². The van der Waals surface area contributed by atoms with Crippen molar-refractivity contribution >= 4 is 39.5 Å². The number of rotatable bonds is 70. The number of aliphatic hydroxyl groups is 1. The van der Waals surface area contributed by atoms with Crippen LogP contribution >= 0.6 is 15.6 Å². The number of ether oxygens (including phenoxy) is 4. The maximum Gasteiger partial charge on any atom is 0.472 e. The smallest absolute Gasteiger partial charge is 0.462 e. The third-order valence-corrected chi connectivity index (χ3v) is 17.3. The quantitative estimate of drug-likeness (QED) is 0.0169. The minimum atomic E-state index is -5.00. The highest BCUT2D eigenvalue weighted by molar-refractivity contribution is 7.47. The fourth-order valence-corrected chi connectivity index (χ4v) is 11.3. The first kappa shape index (κ1) is 93.5. The largest absolute Gasteiger partial charge is 0.472 e. The van der Waals surface area contributed by atoms with Crippen molar-refractivity contribution in [3.63, 3.8) is 0 Å². The number of phosphoric ester groups is 2. The Kier molecular flexibility index (Phi) is 67.6. The van der Waals surface area contributed by atoms with Gasteiger partial charge in [0, 0.05) is 25.7 Å². The number of aliphatic hydroxyl groups excluding tert-OH is 1. The molecule has 5 atom stereocenters. The number of carbonyl (C=O) groups excluding carboxylic acids is 4. The lowest BCUT2D eigenvalue weighted by Crippen LogP contribution is -2.30. The summed E-state index contributed by atoms with van der Waals surface area (Å²) in [5.74, 6) is -2.30. The summed E-state index contributed by atoms with van der Waals surface area (Å²) in [6, 6.07) is 0. The molecule has 19 heteroatoms. The Morgan fingerprint density at radius 3 is 0.888 bits per heavy atom. The van der Waals surface area contributed by atoms with Gasteiger partial charge in [0.15, 0.2) is 12.2 Å². The second-order valence-electron chi connectivity index (χ2n) is 24.8. The molecule has 0 bridgehead atoms. The van der Waals surface area contributed by atoms with Crippen molar-refractivity contribution in [2.45, 2.75) is 316 Å². The molecule has 0 spiro atoms. The molecule has 0 aliphatic carbocycles. The lowest BCUT2D eigenvalue weighted by atomic mass is 10.1. The maximum atomic E-state index is 13.1. The first-order chi connectivity index (χ1) is 47.7. The second kappa shape index (κ2) is 70.9. The summed E-state index contributed by atoms with van der Waals surface area (Å²) in [6.45, 7) is 4.51. The predicted molar refractivity (Wildman–Crippen MR) is 399 cm³/mol. The van der Waals surface area contributed by atoms with Crippen LogP contribution in [0.15, 0.2) is 122 Å². The average Bonchev–Trinajstić information content (AvgIpc) is 0.986. The van der Waals surface area contributed by atoms with Gasteiger partial charge < -0.3 is 33.8 Å². The first-order valence-electron chi connectivity index (χ1n) is 37.8. The Bertz CT molecular complexity index is 2340. The molecule has 0 radical (unpaired) electrons. The average molecular weight is 1420 g/mol. The fraction of sp³-hybridized carbons (Fsp3) is 0.696. The molecule has 0 aromatic rings. The molecule has 0 saturated heterocycles. The third kappa shape index (κ3) is 69.9. The Hall–Kier alpha value is -4.54. The van der Waals surface area contributed by atoms with Crippen molar-refractivity contribution < 1.29 is 80.2 Å². The van der Waals surface area contributed by atoms with Crippen LogP contribution in [0.5, 0.6) is 0 Å². The number of hydrogen-bond acceptors (Lipinski definition) is 15. The van der Waals surface area contributed by atoms with Crippen LogP contribution in [0.2, 0.25) is 0 Å². The molecule has 0 aromatic heterocycles. The van der Waals surface area contributed by atoms with Gasteiger partial charge in [0.05, 0.1) is 26.4 Å². The normalized spacial score (nSPS) is 14.6. The molecule has 0 fully saturated rings. The molecule has 0 saturated carbocycles. The van der Waals surface area contributed by atoms with E-state index in [-0.39, 0.29) is 25.7 Å². The molecule has 17 nitrogen and oxygen atoms in total. The lowest BCUT2D eigenvalue weighted by molar-refractivity contribution is -0.161. The summed E-state index contributed by atoms with van der Waals surface area (Å²) in [4.78, 5) is 72.7. The number of esters is 4. The van der Waals surface area contributed by atoms with Crippen LogP contribution in [0.3, 0.4) is 0 Å². The van der Waals surface area contributed by atoms with Crippen molar-refractivity contribution in [1.29, 1.82) is 0 Å². The van der Waals surface area contributed by atoms with Crippen LogP contribution < -0.4 is 0 Å². The maximum absolute atomic E-state index is 13.1. The van der Waals surface area contributed by atoms with Gasteiger partial charge in [-0.1, -0.05) is 265 Å². The van der Waals surface area contributed by atoms with E-state index in [1.165, 1.54) is 77.0 Å². The standard InChI is InChI=1S/C79H134O17P2/c1-5-9-13-17-21-25-29-32-35-36-39-41-45-48-52-56-60-64-77(82)90-70-75(96-79(84)66-62-58-54-50-46-42-38-34-31-27-23-19-15-11-7-3)72-94-98(87,88)92-68-73(80)67-91-97(85,86)93-71-74(95-78(83)65-61-57-53-49-43-28-24-20-16-12-8-4)69-89-76(81)63-59-55-51-47-44-40-37-33-30-26-22-18-14-10-6-2/h9,11,13,15,21,23,25,27,32-35,37-39,41,46,48,50,52,73-75,80H,5-8,10,12,14,16-20,22,24,26,28-31,36,40,42-45,47,49,51,53-72H2,1-4H3,(H,85,86)(H,87,88)/b13-9-,15-11-,25-21-,27-23-,35-32-,37-33-,38-34-,41-39-,50-46-,52-48-. The Balaban J connectivity index is 5.42. The Morgan fingerprint density at radius 1 is 0.296 bits per heavy atom.